The van der Waals surface area contributed by atoms with Gasteiger partial charge in [0, 0.05) is 17.8 Å². The minimum absolute atomic E-state index is 0.262. The normalized spacial score (nSPS) is 11.6. The number of carbonyl (C=O) groups is 1. The first-order chi connectivity index (χ1) is 10.6. The van der Waals surface area contributed by atoms with Crippen molar-refractivity contribution in [1.82, 2.24) is 10.2 Å². The summed E-state index contributed by atoms with van der Waals surface area (Å²) in [5.74, 6) is 1.03. The number of benzene rings is 1. The molecule has 1 atom stereocenters. The van der Waals surface area contributed by atoms with Crippen LogP contribution in [0.3, 0.4) is 0 Å². The van der Waals surface area contributed by atoms with Gasteiger partial charge in [-0.1, -0.05) is 13.0 Å². The topological polar surface area (TPSA) is 76.1 Å². The van der Waals surface area contributed by atoms with Crippen LogP contribution in [-0.2, 0) is 0 Å². The monoisotopic (exact) mass is 300 g/mol. The predicted molar refractivity (Wildman–Crippen MR) is 86.4 cm³/mol. The largest absolute Gasteiger partial charge is 0.497 e. The van der Waals surface area contributed by atoms with Crippen molar-refractivity contribution in [1.29, 1.82) is 0 Å². The number of nitrogens with one attached hydrogen (secondary N) is 2. The Balaban J connectivity index is 2.03. The van der Waals surface area contributed by atoms with Crippen molar-refractivity contribution in [2.75, 3.05) is 17.7 Å². The summed E-state index contributed by atoms with van der Waals surface area (Å²) < 4.78 is 5.12. The molecule has 0 saturated carbocycles. The first kappa shape index (κ1) is 15.8. The van der Waals surface area contributed by atoms with Gasteiger partial charge in [-0.25, -0.2) is 0 Å². The van der Waals surface area contributed by atoms with Crippen LogP contribution in [0.15, 0.2) is 36.4 Å². The molecule has 1 unspecified atom stereocenters. The van der Waals surface area contributed by atoms with Gasteiger partial charge >= 0.3 is 0 Å². The Bertz CT molecular complexity index is 628. The summed E-state index contributed by atoms with van der Waals surface area (Å²) in [6, 6.07) is 10.8. The van der Waals surface area contributed by atoms with Crippen molar-refractivity contribution < 1.29 is 9.53 Å². The van der Waals surface area contributed by atoms with E-state index >= 15 is 0 Å². The smallest absolute Gasteiger partial charge is 0.276 e. The SMILES string of the molecule is CCC(C)Nc1ccc(C(=O)Nc2cccc(OC)c2)nn1. The van der Waals surface area contributed by atoms with Gasteiger partial charge in [0.2, 0.25) is 0 Å². The van der Waals surface area contributed by atoms with Gasteiger partial charge in [0.15, 0.2) is 5.69 Å². The fourth-order valence-electron chi connectivity index (χ4n) is 1.78. The lowest BCUT2D eigenvalue weighted by Crippen LogP contribution is -2.17. The summed E-state index contributed by atoms with van der Waals surface area (Å²) >= 11 is 0. The molecule has 0 aliphatic carbocycles. The molecule has 0 bridgehead atoms. The molecule has 2 rings (SSSR count). The first-order valence-corrected chi connectivity index (χ1v) is 7.18. The summed E-state index contributed by atoms with van der Waals surface area (Å²) in [5.41, 5.74) is 0.908. The van der Waals surface area contributed by atoms with Crippen LogP contribution < -0.4 is 15.4 Å². The highest BCUT2D eigenvalue weighted by atomic mass is 16.5. The van der Waals surface area contributed by atoms with Gasteiger partial charge < -0.3 is 15.4 Å². The molecule has 6 heteroatoms. The van der Waals surface area contributed by atoms with E-state index in [0.717, 1.165) is 6.42 Å². The van der Waals surface area contributed by atoms with E-state index < -0.39 is 0 Å². The van der Waals surface area contributed by atoms with Crippen LogP contribution >= 0.6 is 0 Å². The number of methoxy groups -OCH3 is 1. The Kier molecular flexibility index (Phi) is 5.30. The zero-order valence-electron chi connectivity index (χ0n) is 13.0. The van der Waals surface area contributed by atoms with Crippen molar-refractivity contribution >= 4 is 17.4 Å². The molecule has 0 saturated heterocycles. The Labute approximate surface area is 129 Å². The second kappa shape index (κ2) is 7.40. The third kappa shape index (κ3) is 4.18. The van der Waals surface area contributed by atoms with Crippen molar-refractivity contribution in [3.63, 3.8) is 0 Å². The molecule has 2 N–H and O–H groups in total. The van der Waals surface area contributed by atoms with Crippen LogP contribution in [0, 0.1) is 0 Å². The fraction of sp³-hybridized carbons (Fsp3) is 0.312. The lowest BCUT2D eigenvalue weighted by atomic mass is 10.2. The number of ether oxygens (including phenoxy) is 1. The Morgan fingerprint density at radius 2 is 2.09 bits per heavy atom. The van der Waals surface area contributed by atoms with E-state index in [1.54, 1.807) is 37.4 Å². The number of anilines is 2. The Hall–Kier alpha value is -2.63. The van der Waals surface area contributed by atoms with Crippen molar-refractivity contribution in [3.8, 4) is 5.75 Å². The molecule has 0 radical (unpaired) electrons. The maximum Gasteiger partial charge on any atom is 0.276 e. The van der Waals surface area contributed by atoms with Crippen molar-refractivity contribution in [2.45, 2.75) is 26.3 Å². The second-order valence-electron chi connectivity index (χ2n) is 4.94. The van der Waals surface area contributed by atoms with E-state index in [2.05, 4.69) is 34.7 Å². The molecular formula is C16H20N4O2. The van der Waals surface area contributed by atoms with E-state index in [-0.39, 0.29) is 11.6 Å². The summed E-state index contributed by atoms with van der Waals surface area (Å²) in [6.07, 6.45) is 0.986. The maximum atomic E-state index is 12.1. The van der Waals surface area contributed by atoms with E-state index in [0.29, 0.717) is 23.3 Å². The quantitative estimate of drug-likeness (QED) is 0.857. The van der Waals surface area contributed by atoms with Gasteiger partial charge in [-0.15, -0.1) is 10.2 Å². The zero-order chi connectivity index (χ0) is 15.9. The number of carbonyl (C=O) groups excluding carboxylic acids is 1. The van der Waals surface area contributed by atoms with Gasteiger partial charge in [-0.05, 0) is 37.6 Å². The van der Waals surface area contributed by atoms with Crippen LogP contribution in [0.5, 0.6) is 5.75 Å². The van der Waals surface area contributed by atoms with E-state index in [4.69, 9.17) is 4.74 Å². The molecule has 1 amide bonds. The van der Waals surface area contributed by atoms with Crippen LogP contribution in [0.1, 0.15) is 30.8 Å². The second-order valence-corrected chi connectivity index (χ2v) is 4.94. The first-order valence-electron chi connectivity index (χ1n) is 7.18. The molecule has 1 heterocycles. The van der Waals surface area contributed by atoms with Gasteiger partial charge in [0.05, 0.1) is 7.11 Å². The highest BCUT2D eigenvalue weighted by Crippen LogP contribution is 2.17. The van der Waals surface area contributed by atoms with E-state index in [1.165, 1.54) is 0 Å². The van der Waals surface area contributed by atoms with E-state index in [9.17, 15) is 4.79 Å². The summed E-state index contributed by atoms with van der Waals surface area (Å²) in [4.78, 5) is 12.1. The molecule has 0 aliphatic rings. The molecule has 6 nitrogen and oxygen atoms in total. The Morgan fingerprint density at radius 3 is 2.73 bits per heavy atom. The maximum absolute atomic E-state index is 12.1. The molecule has 0 fully saturated rings. The zero-order valence-corrected chi connectivity index (χ0v) is 13.0. The van der Waals surface area contributed by atoms with Crippen LogP contribution in [0.25, 0.3) is 0 Å². The van der Waals surface area contributed by atoms with E-state index in [1.807, 2.05) is 6.07 Å². The molecule has 0 aliphatic heterocycles. The molecule has 22 heavy (non-hydrogen) atoms. The molecular weight excluding hydrogens is 280 g/mol. The molecule has 2 aromatic rings. The van der Waals surface area contributed by atoms with Crippen LogP contribution in [-0.4, -0.2) is 29.3 Å². The number of amides is 1. The van der Waals surface area contributed by atoms with Gasteiger partial charge in [-0.3, -0.25) is 4.79 Å². The highest BCUT2D eigenvalue weighted by Gasteiger charge is 2.09. The average molecular weight is 300 g/mol. The average Bonchev–Trinajstić information content (AvgIpc) is 2.55. The number of hydrogen-bond donors (Lipinski definition) is 2. The van der Waals surface area contributed by atoms with Gasteiger partial charge in [0.25, 0.3) is 5.91 Å². The van der Waals surface area contributed by atoms with Crippen molar-refractivity contribution in [2.24, 2.45) is 0 Å². The van der Waals surface area contributed by atoms with Crippen LogP contribution in [0.2, 0.25) is 0 Å². The lowest BCUT2D eigenvalue weighted by molar-refractivity contribution is 0.102. The standard InChI is InChI=1S/C16H20N4O2/c1-4-11(2)17-15-9-8-14(19-20-15)16(21)18-12-6-5-7-13(10-12)22-3/h5-11H,4H2,1-3H3,(H,17,20)(H,18,21). The molecule has 1 aromatic carbocycles. The highest BCUT2D eigenvalue weighted by molar-refractivity contribution is 6.02. The molecule has 116 valence electrons. The molecule has 0 spiro atoms. The van der Waals surface area contributed by atoms with Crippen LogP contribution in [0.4, 0.5) is 11.5 Å². The summed E-state index contributed by atoms with van der Waals surface area (Å²) in [5, 5.41) is 13.9. The Morgan fingerprint density at radius 1 is 1.27 bits per heavy atom. The summed E-state index contributed by atoms with van der Waals surface area (Å²) in [6.45, 7) is 4.14. The third-order valence-corrected chi connectivity index (χ3v) is 3.23. The number of nitrogens with zero attached hydrogens (tertiary/aromatic N) is 2. The van der Waals surface area contributed by atoms with Crippen molar-refractivity contribution in [3.05, 3.63) is 42.1 Å². The number of rotatable bonds is 6. The summed E-state index contributed by atoms with van der Waals surface area (Å²) in [7, 11) is 1.58. The van der Waals surface area contributed by atoms with Gasteiger partial charge in [0.1, 0.15) is 11.6 Å². The minimum atomic E-state index is -0.309. The minimum Gasteiger partial charge on any atom is -0.497 e. The third-order valence-electron chi connectivity index (χ3n) is 3.23. The predicted octanol–water partition coefficient (Wildman–Crippen LogP) is 2.95. The number of hydrogen-bond acceptors (Lipinski definition) is 5. The van der Waals surface area contributed by atoms with Gasteiger partial charge in [-0.2, -0.15) is 0 Å². The molecule has 1 aromatic heterocycles. The fourth-order valence-corrected chi connectivity index (χ4v) is 1.78. The number of aromatic nitrogens is 2. The lowest BCUT2D eigenvalue weighted by Gasteiger charge is -2.11.